The Hall–Kier alpha value is -2.00. The van der Waals surface area contributed by atoms with E-state index in [0.29, 0.717) is 0 Å². The van der Waals surface area contributed by atoms with Crippen LogP contribution in [0.15, 0.2) is 18.2 Å². The first kappa shape index (κ1) is 21.7. The molecule has 0 fully saturated rings. The summed E-state index contributed by atoms with van der Waals surface area (Å²) in [6, 6.07) is 6.70. The monoisotopic (exact) mass is 395 g/mol. The van der Waals surface area contributed by atoms with Crippen molar-refractivity contribution in [2.24, 2.45) is 0 Å². The van der Waals surface area contributed by atoms with Gasteiger partial charge >= 0.3 is 0 Å². The smallest absolute Gasteiger partial charge is 0.122 e. The van der Waals surface area contributed by atoms with Crippen LogP contribution in [0.25, 0.3) is 11.1 Å². The third kappa shape index (κ3) is 4.30. The van der Waals surface area contributed by atoms with Gasteiger partial charge in [0, 0.05) is 12.7 Å². The lowest BCUT2D eigenvalue weighted by molar-refractivity contribution is -0.0529. The molecule has 0 amide bonds. The van der Waals surface area contributed by atoms with E-state index in [9.17, 15) is 0 Å². The van der Waals surface area contributed by atoms with Crippen molar-refractivity contribution in [3.8, 4) is 16.9 Å². The second-order valence-corrected chi connectivity index (χ2v) is 9.14. The number of rotatable bonds is 5. The van der Waals surface area contributed by atoms with Crippen LogP contribution in [0.3, 0.4) is 0 Å². The lowest BCUT2D eigenvalue weighted by Gasteiger charge is -2.31. The molecule has 0 spiro atoms. The topological polar surface area (TPSA) is 30.5 Å². The van der Waals surface area contributed by atoms with E-state index in [1.54, 1.807) is 0 Å². The second kappa shape index (κ2) is 8.39. The number of nitrogens with one attached hydrogen (secondary N) is 1. The van der Waals surface area contributed by atoms with Crippen LogP contribution < -0.4 is 10.1 Å². The maximum atomic E-state index is 6.45. The highest BCUT2D eigenvalue weighted by Gasteiger charge is 2.26. The van der Waals surface area contributed by atoms with Crippen LogP contribution in [0, 0.1) is 13.8 Å². The van der Waals surface area contributed by atoms with Crippen molar-refractivity contribution in [2.45, 2.75) is 79.4 Å². The van der Waals surface area contributed by atoms with E-state index in [2.05, 4.69) is 72.0 Å². The first-order valence-corrected chi connectivity index (χ1v) is 11.0. The third-order valence-electron chi connectivity index (χ3n) is 5.92. The Bertz CT molecular complexity index is 893. The maximum Gasteiger partial charge on any atom is 0.122 e. The van der Waals surface area contributed by atoms with Gasteiger partial charge in [0.25, 0.3) is 0 Å². The Morgan fingerprint density at radius 1 is 1.17 bits per heavy atom. The molecular formula is C26H37NO2. The van der Waals surface area contributed by atoms with Gasteiger partial charge in [0.1, 0.15) is 5.75 Å². The van der Waals surface area contributed by atoms with Crippen molar-refractivity contribution in [2.75, 3.05) is 19.0 Å². The van der Waals surface area contributed by atoms with E-state index in [1.807, 2.05) is 7.05 Å². The fraction of sp³-hybridized carbons (Fsp3) is 0.538. The van der Waals surface area contributed by atoms with Crippen LogP contribution in [0.5, 0.6) is 5.75 Å². The lowest BCUT2D eigenvalue weighted by atomic mass is 9.83. The zero-order valence-corrected chi connectivity index (χ0v) is 19.5. The van der Waals surface area contributed by atoms with E-state index in [4.69, 9.17) is 9.47 Å². The molecule has 0 saturated heterocycles. The number of hydrogen-bond donors (Lipinski definition) is 1. The Kier molecular flexibility index (Phi) is 6.28. The molecule has 0 aromatic heterocycles. The first-order chi connectivity index (χ1) is 13.7. The molecular weight excluding hydrogens is 358 g/mol. The SMILES string of the molecule is CCc1c(C)c(-c2ccc3c(c2)CCCO3)c(C(C)OC(C)(C)C)c(C)c1NC. The molecule has 1 heterocycles. The molecule has 0 radical (unpaired) electrons. The van der Waals surface area contributed by atoms with Gasteiger partial charge in [0.2, 0.25) is 0 Å². The van der Waals surface area contributed by atoms with E-state index >= 15 is 0 Å². The van der Waals surface area contributed by atoms with Gasteiger partial charge in [-0.1, -0.05) is 13.0 Å². The van der Waals surface area contributed by atoms with Crippen molar-refractivity contribution < 1.29 is 9.47 Å². The van der Waals surface area contributed by atoms with Crippen molar-refractivity contribution >= 4 is 5.69 Å². The van der Waals surface area contributed by atoms with Crippen molar-refractivity contribution in [1.82, 2.24) is 0 Å². The zero-order valence-electron chi connectivity index (χ0n) is 19.5. The number of fused-ring (bicyclic) bond motifs is 1. The summed E-state index contributed by atoms with van der Waals surface area (Å²) in [7, 11) is 2.02. The minimum absolute atomic E-state index is 0.00557. The predicted molar refractivity (Wildman–Crippen MR) is 123 cm³/mol. The zero-order chi connectivity index (χ0) is 21.3. The maximum absolute atomic E-state index is 6.45. The van der Waals surface area contributed by atoms with E-state index in [1.165, 1.54) is 44.6 Å². The summed E-state index contributed by atoms with van der Waals surface area (Å²) in [5.41, 5.74) is 10.3. The highest BCUT2D eigenvalue weighted by molar-refractivity contribution is 5.81. The van der Waals surface area contributed by atoms with Gasteiger partial charge in [-0.3, -0.25) is 0 Å². The average Bonchev–Trinajstić information content (AvgIpc) is 2.66. The number of aryl methyl sites for hydroxylation is 1. The Morgan fingerprint density at radius 3 is 2.52 bits per heavy atom. The molecule has 0 bridgehead atoms. The van der Waals surface area contributed by atoms with Gasteiger partial charge in [-0.25, -0.2) is 0 Å². The highest BCUT2D eigenvalue weighted by Crippen LogP contribution is 2.43. The molecule has 2 aromatic carbocycles. The normalized spacial score (nSPS) is 14.9. The van der Waals surface area contributed by atoms with Gasteiger partial charge < -0.3 is 14.8 Å². The molecule has 3 rings (SSSR count). The third-order valence-corrected chi connectivity index (χ3v) is 5.92. The fourth-order valence-corrected chi connectivity index (χ4v) is 4.85. The molecule has 3 nitrogen and oxygen atoms in total. The number of hydrogen-bond acceptors (Lipinski definition) is 3. The summed E-state index contributed by atoms with van der Waals surface area (Å²) in [6.45, 7) is 16.1. The van der Waals surface area contributed by atoms with Crippen LogP contribution in [0.4, 0.5) is 5.69 Å². The molecule has 29 heavy (non-hydrogen) atoms. The van der Waals surface area contributed by atoms with Gasteiger partial charge in [-0.05, 0) is 112 Å². The van der Waals surface area contributed by atoms with Crippen LogP contribution in [0.2, 0.25) is 0 Å². The van der Waals surface area contributed by atoms with E-state index in [0.717, 1.165) is 31.6 Å². The Balaban J connectivity index is 2.27. The van der Waals surface area contributed by atoms with Crippen LogP contribution in [-0.2, 0) is 17.6 Å². The van der Waals surface area contributed by atoms with Gasteiger partial charge in [-0.15, -0.1) is 0 Å². The molecule has 0 aliphatic carbocycles. The Morgan fingerprint density at radius 2 is 1.90 bits per heavy atom. The molecule has 3 heteroatoms. The standard InChI is InChI=1S/C26H37NO2/c1-9-21-16(2)24(20-12-13-22-19(15-20)11-10-14-28-22)23(17(3)25(21)27-8)18(4)29-26(5,6)7/h12-13,15,18,27H,9-11,14H2,1-8H3. The summed E-state index contributed by atoms with van der Waals surface area (Å²) < 4.78 is 12.3. The Labute approximate surface area is 176 Å². The summed E-state index contributed by atoms with van der Waals surface area (Å²) in [5, 5.41) is 3.47. The minimum Gasteiger partial charge on any atom is -0.493 e. The minimum atomic E-state index is -0.204. The lowest BCUT2D eigenvalue weighted by Crippen LogP contribution is -2.23. The quantitative estimate of drug-likeness (QED) is 0.605. The van der Waals surface area contributed by atoms with Gasteiger partial charge in [0.05, 0.1) is 18.3 Å². The average molecular weight is 396 g/mol. The molecule has 1 aliphatic rings. The predicted octanol–water partition coefficient (Wildman–Crippen LogP) is 6.78. The van der Waals surface area contributed by atoms with Gasteiger partial charge in [0.15, 0.2) is 0 Å². The first-order valence-electron chi connectivity index (χ1n) is 11.0. The largest absolute Gasteiger partial charge is 0.493 e. The van der Waals surface area contributed by atoms with Crippen LogP contribution in [-0.4, -0.2) is 19.3 Å². The van der Waals surface area contributed by atoms with Crippen LogP contribution in [0.1, 0.15) is 75.0 Å². The second-order valence-electron chi connectivity index (χ2n) is 9.14. The molecule has 2 aromatic rings. The summed E-state index contributed by atoms with van der Waals surface area (Å²) in [6.07, 6.45) is 3.16. The van der Waals surface area contributed by atoms with Gasteiger partial charge in [-0.2, -0.15) is 0 Å². The number of benzene rings is 2. The molecule has 0 saturated carbocycles. The summed E-state index contributed by atoms with van der Waals surface area (Å²) >= 11 is 0. The summed E-state index contributed by atoms with van der Waals surface area (Å²) in [5.74, 6) is 1.04. The molecule has 158 valence electrons. The molecule has 1 atom stereocenters. The van der Waals surface area contributed by atoms with E-state index in [-0.39, 0.29) is 11.7 Å². The number of anilines is 1. The van der Waals surface area contributed by atoms with Crippen molar-refractivity contribution in [1.29, 1.82) is 0 Å². The molecule has 1 aliphatic heterocycles. The van der Waals surface area contributed by atoms with Crippen LogP contribution >= 0.6 is 0 Å². The van der Waals surface area contributed by atoms with E-state index < -0.39 is 0 Å². The van der Waals surface area contributed by atoms with Crippen molar-refractivity contribution in [3.63, 3.8) is 0 Å². The molecule has 1 unspecified atom stereocenters. The number of ether oxygens (including phenoxy) is 2. The fourth-order valence-electron chi connectivity index (χ4n) is 4.85. The molecule has 1 N–H and O–H groups in total. The van der Waals surface area contributed by atoms with Crippen molar-refractivity contribution in [3.05, 3.63) is 46.0 Å². The highest BCUT2D eigenvalue weighted by atomic mass is 16.5. The summed E-state index contributed by atoms with van der Waals surface area (Å²) in [4.78, 5) is 0.